The van der Waals surface area contributed by atoms with Gasteiger partial charge in [0.1, 0.15) is 0 Å². The molecule has 1 atom stereocenters. The van der Waals surface area contributed by atoms with E-state index in [1.807, 2.05) is 25.1 Å². The van der Waals surface area contributed by atoms with Crippen LogP contribution in [0.5, 0.6) is 0 Å². The van der Waals surface area contributed by atoms with E-state index in [9.17, 15) is 13.2 Å². The molecule has 164 valence electrons. The van der Waals surface area contributed by atoms with Crippen LogP contribution in [-0.4, -0.2) is 38.8 Å². The number of nitrogens with two attached hydrogens (primary N) is 1. The molecule has 9 heteroatoms. The zero-order valence-corrected chi connectivity index (χ0v) is 17.8. The summed E-state index contributed by atoms with van der Waals surface area (Å²) in [4.78, 5) is 2.34. The quantitative estimate of drug-likeness (QED) is 0.755. The third-order valence-corrected chi connectivity index (χ3v) is 7.14. The molecule has 1 fully saturated rings. The third kappa shape index (κ3) is 3.74. The van der Waals surface area contributed by atoms with Gasteiger partial charge in [-0.3, -0.25) is 4.90 Å². The first kappa shape index (κ1) is 21.6. The van der Waals surface area contributed by atoms with Crippen LogP contribution in [0.15, 0.2) is 24.3 Å². The van der Waals surface area contributed by atoms with Crippen LogP contribution in [0.25, 0.3) is 0 Å². The number of fused-ring (bicyclic) bond motifs is 1. The topological polar surface area (TPSA) is 60.0 Å². The molecule has 1 aromatic carbocycles. The van der Waals surface area contributed by atoms with Crippen molar-refractivity contribution in [3.63, 3.8) is 0 Å². The number of aromatic nitrogens is 3. The molecule has 1 aliphatic carbocycles. The molecule has 0 radical (unpaired) electrons. The Bertz CT molecular complexity index is 889. The molecule has 1 aliphatic heterocycles. The number of benzene rings is 1. The number of hydrogen-bond donors (Lipinski definition) is 1. The predicted molar refractivity (Wildman–Crippen MR) is 109 cm³/mol. The second-order valence-electron chi connectivity index (χ2n) is 8.42. The summed E-state index contributed by atoms with van der Waals surface area (Å²) in [5, 5.41) is 8.11. The lowest BCUT2D eigenvalue weighted by Crippen LogP contribution is -2.49. The van der Waals surface area contributed by atoms with Crippen LogP contribution in [0, 0.1) is 0 Å². The van der Waals surface area contributed by atoms with E-state index < -0.39 is 12.0 Å². The molecule has 0 amide bonds. The average Bonchev–Trinajstić information content (AvgIpc) is 3.18. The summed E-state index contributed by atoms with van der Waals surface area (Å²) in [7, 11) is 0. The molecule has 2 N–H and O–H groups in total. The van der Waals surface area contributed by atoms with Gasteiger partial charge in [-0.15, -0.1) is 10.2 Å². The van der Waals surface area contributed by atoms with Gasteiger partial charge >= 0.3 is 6.18 Å². The number of rotatable bonds is 4. The second kappa shape index (κ2) is 8.13. The highest BCUT2D eigenvalue weighted by atomic mass is 35.5. The van der Waals surface area contributed by atoms with Crippen molar-refractivity contribution in [1.29, 1.82) is 0 Å². The van der Waals surface area contributed by atoms with Crippen LogP contribution < -0.4 is 5.73 Å². The Morgan fingerprint density at radius 2 is 1.93 bits per heavy atom. The minimum absolute atomic E-state index is 0.0949. The van der Waals surface area contributed by atoms with Crippen molar-refractivity contribution in [2.45, 2.75) is 69.2 Å². The summed E-state index contributed by atoms with van der Waals surface area (Å²) in [6.45, 7) is 3.39. The van der Waals surface area contributed by atoms with Gasteiger partial charge in [0, 0.05) is 36.1 Å². The lowest BCUT2D eigenvalue weighted by atomic mass is 9.68. The molecule has 0 saturated heterocycles. The number of alkyl halides is 3. The van der Waals surface area contributed by atoms with E-state index >= 15 is 0 Å². The standard InChI is InChI=1S/C21H27ClF3N5/c1-2-17-18-27-28-19(21(23,24)25)30(18)11-10-29(17)16-6-8-20(13-26,9-7-16)14-4-3-5-15(22)12-14/h3-5,12,16-17H,2,6-11,13,26H2,1H3. The maximum Gasteiger partial charge on any atom is 0.451 e. The van der Waals surface area contributed by atoms with Crippen LogP contribution >= 0.6 is 11.6 Å². The van der Waals surface area contributed by atoms with Crippen LogP contribution in [0.3, 0.4) is 0 Å². The van der Waals surface area contributed by atoms with Crippen molar-refractivity contribution in [2.24, 2.45) is 5.73 Å². The van der Waals surface area contributed by atoms with Gasteiger partial charge in [-0.25, -0.2) is 0 Å². The highest BCUT2D eigenvalue weighted by molar-refractivity contribution is 6.30. The molecular formula is C21H27ClF3N5. The maximum atomic E-state index is 13.2. The Labute approximate surface area is 179 Å². The van der Waals surface area contributed by atoms with Gasteiger partial charge in [-0.2, -0.15) is 13.2 Å². The molecule has 1 unspecified atom stereocenters. The van der Waals surface area contributed by atoms with Crippen molar-refractivity contribution in [2.75, 3.05) is 13.1 Å². The van der Waals surface area contributed by atoms with Gasteiger partial charge in [-0.05, 0) is 49.8 Å². The zero-order chi connectivity index (χ0) is 21.5. The molecule has 2 heterocycles. The fraction of sp³-hybridized carbons (Fsp3) is 0.619. The fourth-order valence-corrected chi connectivity index (χ4v) is 5.47. The van der Waals surface area contributed by atoms with Gasteiger partial charge in [-0.1, -0.05) is 30.7 Å². The number of nitrogens with zero attached hydrogens (tertiary/aromatic N) is 4. The van der Waals surface area contributed by atoms with Crippen molar-refractivity contribution in [3.05, 3.63) is 46.5 Å². The summed E-state index contributed by atoms with van der Waals surface area (Å²) >= 11 is 6.21. The van der Waals surface area contributed by atoms with Crippen molar-refractivity contribution in [1.82, 2.24) is 19.7 Å². The largest absolute Gasteiger partial charge is 0.451 e. The Morgan fingerprint density at radius 1 is 1.20 bits per heavy atom. The van der Waals surface area contributed by atoms with E-state index in [1.165, 1.54) is 10.1 Å². The predicted octanol–water partition coefficient (Wildman–Crippen LogP) is 4.56. The molecule has 2 aromatic rings. The van der Waals surface area contributed by atoms with Crippen molar-refractivity contribution >= 4 is 11.6 Å². The fourth-order valence-electron chi connectivity index (χ4n) is 5.28. The molecule has 0 spiro atoms. The Balaban J connectivity index is 1.53. The van der Waals surface area contributed by atoms with Crippen LogP contribution in [0.1, 0.15) is 62.3 Å². The lowest BCUT2D eigenvalue weighted by molar-refractivity contribution is -0.148. The van der Waals surface area contributed by atoms with E-state index in [2.05, 4.69) is 21.2 Å². The number of hydrogen-bond acceptors (Lipinski definition) is 4. The first-order chi connectivity index (χ1) is 14.3. The molecule has 30 heavy (non-hydrogen) atoms. The average molecular weight is 442 g/mol. The maximum absolute atomic E-state index is 13.2. The van der Waals surface area contributed by atoms with E-state index in [-0.39, 0.29) is 18.0 Å². The van der Waals surface area contributed by atoms with Crippen LogP contribution in [0.2, 0.25) is 5.02 Å². The summed E-state index contributed by atoms with van der Waals surface area (Å²) in [6, 6.07) is 8.08. The van der Waals surface area contributed by atoms with Gasteiger partial charge < -0.3 is 10.3 Å². The Hall–Kier alpha value is -1.64. The molecular weight excluding hydrogens is 415 g/mol. The molecule has 4 rings (SSSR count). The molecule has 2 aliphatic rings. The molecule has 1 aromatic heterocycles. The van der Waals surface area contributed by atoms with Gasteiger partial charge in [0.15, 0.2) is 5.82 Å². The first-order valence-electron chi connectivity index (χ1n) is 10.5. The molecule has 5 nitrogen and oxygen atoms in total. The summed E-state index contributed by atoms with van der Waals surface area (Å²) in [5.74, 6) is -0.455. The second-order valence-corrected chi connectivity index (χ2v) is 8.86. The smallest absolute Gasteiger partial charge is 0.330 e. The van der Waals surface area contributed by atoms with E-state index in [0.717, 1.165) is 25.7 Å². The lowest BCUT2D eigenvalue weighted by Gasteiger charge is -2.47. The van der Waals surface area contributed by atoms with Gasteiger partial charge in [0.05, 0.1) is 6.04 Å². The van der Waals surface area contributed by atoms with E-state index in [4.69, 9.17) is 17.3 Å². The SMILES string of the molecule is CCC1c2nnc(C(F)(F)F)n2CCN1C1CCC(CN)(c2cccc(Cl)c2)CC1. The molecule has 0 bridgehead atoms. The monoisotopic (exact) mass is 441 g/mol. The third-order valence-electron chi connectivity index (χ3n) is 6.91. The normalized spacial score (nSPS) is 27.8. The van der Waals surface area contributed by atoms with Gasteiger partial charge in [0.25, 0.3) is 0 Å². The Morgan fingerprint density at radius 3 is 2.53 bits per heavy atom. The van der Waals surface area contributed by atoms with Crippen LogP contribution in [-0.2, 0) is 18.1 Å². The van der Waals surface area contributed by atoms with Crippen LogP contribution in [0.4, 0.5) is 13.2 Å². The molecule has 1 saturated carbocycles. The summed E-state index contributed by atoms with van der Waals surface area (Å²) < 4.78 is 41.0. The van der Waals surface area contributed by atoms with Crippen molar-refractivity contribution < 1.29 is 13.2 Å². The highest BCUT2D eigenvalue weighted by Gasteiger charge is 2.44. The van der Waals surface area contributed by atoms with E-state index in [1.54, 1.807) is 0 Å². The van der Waals surface area contributed by atoms with Crippen molar-refractivity contribution in [3.8, 4) is 0 Å². The summed E-state index contributed by atoms with van der Waals surface area (Å²) in [6.07, 6.45) is -0.0259. The van der Waals surface area contributed by atoms with Gasteiger partial charge in [0.2, 0.25) is 5.82 Å². The summed E-state index contributed by atoms with van der Waals surface area (Å²) in [5.41, 5.74) is 7.30. The highest BCUT2D eigenvalue weighted by Crippen LogP contribution is 2.43. The Kier molecular flexibility index (Phi) is 5.85. The minimum Gasteiger partial charge on any atom is -0.330 e. The zero-order valence-electron chi connectivity index (χ0n) is 17.0. The first-order valence-corrected chi connectivity index (χ1v) is 10.9. The number of halogens is 4. The van der Waals surface area contributed by atoms with E-state index in [0.29, 0.717) is 36.4 Å². The minimum atomic E-state index is -4.48.